The number of para-hydroxylation sites is 2. The van der Waals surface area contributed by atoms with E-state index in [-0.39, 0.29) is 11.7 Å². The van der Waals surface area contributed by atoms with E-state index in [1.54, 1.807) is 13.2 Å². The third-order valence-corrected chi connectivity index (χ3v) is 8.98. The molecule has 1 N–H and O–H groups in total. The molecule has 1 amide bonds. The van der Waals surface area contributed by atoms with Gasteiger partial charge >= 0.3 is 0 Å². The molecule has 6 nitrogen and oxygen atoms in total. The summed E-state index contributed by atoms with van der Waals surface area (Å²) in [4.78, 5) is 20.2. The Hall–Kier alpha value is -3.13. The third-order valence-electron chi connectivity index (χ3n) is 8.73. The Kier molecular flexibility index (Phi) is 10.7. The number of ether oxygens (including phenoxy) is 1. The predicted octanol–water partition coefficient (Wildman–Crippen LogP) is 5.64. The molecule has 2 aliphatic heterocycles. The standard InChI is InChI=1S/C34H42ClFN4O2/c1-42-33-9-5-2-6-27(33)16-18-37-34(41)15-12-28-25-38(24-26-10-13-29(35)14-11-26)19-17-31(28)39-20-22-40(23-21-39)32-8-4-3-7-30(32)36/h2-11,13-14,28,31H,12,15-25H2,1H3,(H,37,41)/t28-,31+/m0/s1. The molecule has 0 saturated carbocycles. The van der Waals surface area contributed by atoms with Crippen LogP contribution >= 0.6 is 11.6 Å². The molecule has 2 heterocycles. The van der Waals surface area contributed by atoms with Gasteiger partial charge in [-0.15, -0.1) is 0 Å². The van der Waals surface area contributed by atoms with Crippen molar-refractivity contribution in [2.75, 3.05) is 57.8 Å². The maximum absolute atomic E-state index is 14.4. The van der Waals surface area contributed by atoms with Crippen LogP contribution in [0.1, 0.15) is 30.4 Å². The number of hydrogen-bond acceptors (Lipinski definition) is 5. The van der Waals surface area contributed by atoms with Crippen molar-refractivity contribution < 1.29 is 13.9 Å². The van der Waals surface area contributed by atoms with Gasteiger partial charge in [-0.1, -0.05) is 54.1 Å². The van der Waals surface area contributed by atoms with Crippen LogP contribution in [0.5, 0.6) is 5.75 Å². The third kappa shape index (κ3) is 8.03. The maximum atomic E-state index is 14.4. The number of nitrogens with one attached hydrogen (secondary N) is 1. The molecule has 0 unspecified atom stereocenters. The lowest BCUT2D eigenvalue weighted by Crippen LogP contribution is -2.56. The second-order valence-electron chi connectivity index (χ2n) is 11.4. The molecule has 0 spiro atoms. The van der Waals surface area contributed by atoms with E-state index >= 15 is 0 Å². The summed E-state index contributed by atoms with van der Waals surface area (Å²) < 4.78 is 19.9. The fourth-order valence-electron chi connectivity index (χ4n) is 6.50. The van der Waals surface area contributed by atoms with Gasteiger partial charge in [0.25, 0.3) is 0 Å². The Morgan fingerprint density at radius 3 is 2.48 bits per heavy atom. The van der Waals surface area contributed by atoms with E-state index in [1.807, 2.05) is 48.5 Å². The van der Waals surface area contributed by atoms with Crippen LogP contribution in [0.3, 0.4) is 0 Å². The summed E-state index contributed by atoms with van der Waals surface area (Å²) in [7, 11) is 1.67. The van der Waals surface area contributed by atoms with Gasteiger partial charge < -0.3 is 15.0 Å². The number of carbonyl (C=O) groups excluding carboxylic acids is 1. The molecule has 2 aliphatic rings. The minimum absolute atomic E-state index is 0.0999. The Balaban J connectivity index is 1.18. The van der Waals surface area contributed by atoms with Gasteiger partial charge in [0.05, 0.1) is 12.8 Å². The zero-order valence-corrected chi connectivity index (χ0v) is 25.2. The average molecular weight is 593 g/mol. The number of piperidine rings is 1. The smallest absolute Gasteiger partial charge is 0.220 e. The van der Waals surface area contributed by atoms with E-state index in [4.69, 9.17) is 16.3 Å². The molecule has 2 saturated heterocycles. The van der Waals surface area contributed by atoms with Gasteiger partial charge in [0.2, 0.25) is 5.91 Å². The van der Waals surface area contributed by atoms with Crippen molar-refractivity contribution in [2.45, 2.75) is 38.3 Å². The van der Waals surface area contributed by atoms with E-state index < -0.39 is 0 Å². The second-order valence-corrected chi connectivity index (χ2v) is 11.8. The Labute approximate surface area is 254 Å². The summed E-state index contributed by atoms with van der Waals surface area (Å²) >= 11 is 6.11. The van der Waals surface area contributed by atoms with E-state index in [2.05, 4.69) is 32.1 Å². The first-order valence-electron chi connectivity index (χ1n) is 15.1. The summed E-state index contributed by atoms with van der Waals surface area (Å²) in [6, 6.07) is 23.5. The first-order valence-corrected chi connectivity index (χ1v) is 15.5. The van der Waals surface area contributed by atoms with Gasteiger partial charge in [0, 0.05) is 63.3 Å². The molecule has 42 heavy (non-hydrogen) atoms. The van der Waals surface area contributed by atoms with E-state index in [0.717, 1.165) is 81.4 Å². The highest BCUT2D eigenvalue weighted by molar-refractivity contribution is 6.30. The summed E-state index contributed by atoms with van der Waals surface area (Å²) in [6.45, 7) is 6.86. The largest absolute Gasteiger partial charge is 0.496 e. The number of amides is 1. The number of halogens is 2. The number of likely N-dealkylation sites (tertiary alicyclic amines) is 1. The summed E-state index contributed by atoms with van der Waals surface area (Å²) in [6.07, 6.45) is 3.16. The second kappa shape index (κ2) is 14.9. The highest BCUT2D eigenvalue weighted by atomic mass is 35.5. The normalized spacial score (nSPS) is 19.9. The first-order chi connectivity index (χ1) is 20.5. The minimum atomic E-state index is -0.156. The van der Waals surface area contributed by atoms with Crippen molar-refractivity contribution in [3.63, 3.8) is 0 Å². The lowest BCUT2D eigenvalue weighted by atomic mass is 9.86. The van der Waals surface area contributed by atoms with Crippen molar-refractivity contribution in [1.82, 2.24) is 15.1 Å². The zero-order chi connectivity index (χ0) is 29.3. The minimum Gasteiger partial charge on any atom is -0.496 e. The Bertz CT molecular complexity index is 1300. The highest BCUT2D eigenvalue weighted by Gasteiger charge is 2.35. The molecule has 0 aliphatic carbocycles. The SMILES string of the molecule is COc1ccccc1CCNC(=O)CC[C@H]1CN(Cc2ccc(Cl)cc2)CC[C@H]1N1CCN(c2ccccc2F)CC1. The number of methoxy groups -OCH3 is 1. The number of hydrogen-bond donors (Lipinski definition) is 1. The van der Waals surface area contributed by atoms with E-state index in [9.17, 15) is 9.18 Å². The van der Waals surface area contributed by atoms with Crippen molar-refractivity contribution in [2.24, 2.45) is 5.92 Å². The zero-order valence-electron chi connectivity index (χ0n) is 24.5. The number of anilines is 1. The quantitative estimate of drug-likeness (QED) is 0.312. The molecular weight excluding hydrogens is 551 g/mol. The predicted molar refractivity (Wildman–Crippen MR) is 168 cm³/mol. The number of benzene rings is 3. The van der Waals surface area contributed by atoms with Crippen LogP contribution in [-0.4, -0.2) is 74.7 Å². The molecule has 3 aromatic rings. The van der Waals surface area contributed by atoms with Crippen LogP contribution in [0.25, 0.3) is 0 Å². The van der Waals surface area contributed by atoms with E-state index in [0.29, 0.717) is 30.6 Å². The van der Waals surface area contributed by atoms with Crippen molar-refractivity contribution in [3.8, 4) is 5.75 Å². The summed E-state index contributed by atoms with van der Waals surface area (Å²) in [5.74, 6) is 1.18. The molecule has 0 bridgehead atoms. The maximum Gasteiger partial charge on any atom is 0.220 e. The van der Waals surface area contributed by atoms with Gasteiger partial charge in [-0.3, -0.25) is 14.6 Å². The van der Waals surface area contributed by atoms with Crippen molar-refractivity contribution >= 4 is 23.2 Å². The summed E-state index contributed by atoms with van der Waals surface area (Å²) in [5, 5.41) is 3.88. The lowest BCUT2D eigenvalue weighted by molar-refractivity contribution is -0.121. The van der Waals surface area contributed by atoms with Crippen LogP contribution in [0.2, 0.25) is 5.02 Å². The fourth-order valence-corrected chi connectivity index (χ4v) is 6.63. The highest BCUT2D eigenvalue weighted by Crippen LogP contribution is 2.30. The van der Waals surface area contributed by atoms with Gasteiger partial charge in [-0.05, 0) is 73.2 Å². The number of rotatable bonds is 11. The molecule has 2 atom stereocenters. The van der Waals surface area contributed by atoms with Crippen LogP contribution in [0.4, 0.5) is 10.1 Å². The van der Waals surface area contributed by atoms with Crippen molar-refractivity contribution in [3.05, 3.63) is 94.8 Å². The average Bonchev–Trinajstić information content (AvgIpc) is 3.02. The summed E-state index contributed by atoms with van der Waals surface area (Å²) in [5.41, 5.74) is 3.04. The molecule has 8 heteroatoms. The molecular formula is C34H42ClFN4O2. The van der Waals surface area contributed by atoms with Crippen molar-refractivity contribution in [1.29, 1.82) is 0 Å². The molecule has 3 aromatic carbocycles. The topological polar surface area (TPSA) is 48.1 Å². The number of carbonyl (C=O) groups is 1. The monoisotopic (exact) mass is 592 g/mol. The molecule has 5 rings (SSSR count). The van der Waals surface area contributed by atoms with Gasteiger partial charge in [0.15, 0.2) is 0 Å². The molecule has 0 radical (unpaired) electrons. The molecule has 0 aromatic heterocycles. The first kappa shape index (κ1) is 30.3. The van der Waals surface area contributed by atoms with E-state index in [1.165, 1.54) is 11.6 Å². The number of piperazine rings is 1. The van der Waals surface area contributed by atoms with Crippen LogP contribution in [0, 0.1) is 11.7 Å². The fraction of sp³-hybridized carbons (Fsp3) is 0.441. The Morgan fingerprint density at radius 1 is 0.976 bits per heavy atom. The Morgan fingerprint density at radius 2 is 1.71 bits per heavy atom. The van der Waals surface area contributed by atoms with Crippen LogP contribution < -0.4 is 15.0 Å². The molecule has 2 fully saturated rings. The van der Waals surface area contributed by atoms with Crippen LogP contribution in [-0.2, 0) is 17.8 Å². The van der Waals surface area contributed by atoms with Gasteiger partial charge in [-0.2, -0.15) is 0 Å². The van der Waals surface area contributed by atoms with Gasteiger partial charge in [-0.25, -0.2) is 4.39 Å². The van der Waals surface area contributed by atoms with Crippen LogP contribution in [0.15, 0.2) is 72.8 Å². The lowest BCUT2D eigenvalue weighted by Gasteiger charge is -2.47. The number of nitrogens with zero attached hydrogens (tertiary/aromatic N) is 3. The van der Waals surface area contributed by atoms with Gasteiger partial charge in [0.1, 0.15) is 11.6 Å². The molecule has 224 valence electrons.